The summed E-state index contributed by atoms with van der Waals surface area (Å²) in [4.78, 5) is 74.0. The van der Waals surface area contributed by atoms with E-state index in [9.17, 15) is 19.2 Å². The Labute approximate surface area is 311 Å². The lowest BCUT2D eigenvalue weighted by atomic mass is 9.73. The van der Waals surface area contributed by atoms with Crippen LogP contribution >= 0.6 is 0 Å². The standard InChI is InChI=1S/C41H66N6O5/c1-9-14-29(32(48)36(51)43-28-17-18-28)44-34(49)30-21-41(39(6,7)40(41)19-13-20-40)24-47(30)37(52)33(38(3,4)5)45-35(50)31(26-15-11-10-12-16-26)42-25(2)27-22-46(8)23-27/h26-31,33,42H,2,9-24H2,1,3-8H3,(H,43,51)(H,44,49)(H,45,50)/t29-,30-,31?,33+,41?/m0/s1. The highest BCUT2D eigenvalue weighted by atomic mass is 16.2. The molecule has 52 heavy (non-hydrogen) atoms. The number of rotatable bonds is 14. The molecule has 5 atom stereocenters. The maximum atomic E-state index is 15.0. The molecule has 11 nitrogen and oxygen atoms in total. The lowest BCUT2D eigenvalue weighted by molar-refractivity contribution is -0.145. The molecule has 6 fully saturated rings. The predicted molar refractivity (Wildman–Crippen MR) is 201 cm³/mol. The van der Waals surface area contributed by atoms with E-state index in [2.05, 4.69) is 53.6 Å². The first-order valence-corrected chi connectivity index (χ1v) is 20.4. The average molecular weight is 723 g/mol. The van der Waals surface area contributed by atoms with E-state index >= 15 is 4.79 Å². The van der Waals surface area contributed by atoms with Crippen molar-refractivity contribution in [3.05, 3.63) is 12.3 Å². The third kappa shape index (κ3) is 6.92. The highest BCUT2D eigenvalue weighted by molar-refractivity contribution is 6.38. The Bertz CT molecular complexity index is 1430. The molecule has 2 heterocycles. The van der Waals surface area contributed by atoms with Crippen molar-refractivity contribution in [2.45, 2.75) is 155 Å². The van der Waals surface area contributed by atoms with Crippen LogP contribution in [0.1, 0.15) is 125 Å². The van der Waals surface area contributed by atoms with E-state index in [4.69, 9.17) is 0 Å². The van der Waals surface area contributed by atoms with Gasteiger partial charge in [0.25, 0.3) is 5.91 Å². The van der Waals surface area contributed by atoms with E-state index in [-0.39, 0.29) is 45.9 Å². The minimum absolute atomic E-state index is 0.0310. The quantitative estimate of drug-likeness (QED) is 0.199. The van der Waals surface area contributed by atoms with Gasteiger partial charge in [-0.3, -0.25) is 24.0 Å². The SMILES string of the molecule is C=C(NC(C(=O)N[C@H](C(=O)N1CC2(C[C@H]1C(=O)N[C@@H](CCC)C(=O)C(=O)NC1CC1)C(C)(C)C21CCC1)C(C)(C)C)C1CCCCC1)C1CN(C)C1. The number of hydrogen-bond acceptors (Lipinski definition) is 7. The van der Waals surface area contributed by atoms with Crippen LogP contribution in [0.4, 0.5) is 0 Å². The molecule has 0 radical (unpaired) electrons. The number of amides is 4. The summed E-state index contributed by atoms with van der Waals surface area (Å²) in [5.74, 6) is -1.71. The van der Waals surface area contributed by atoms with Crippen LogP contribution in [0.15, 0.2) is 12.3 Å². The fourth-order valence-corrected chi connectivity index (χ4v) is 10.7. The van der Waals surface area contributed by atoms with Gasteiger partial charge in [-0.15, -0.1) is 0 Å². The molecular formula is C41H66N6O5. The Balaban J connectivity index is 1.25. The summed E-state index contributed by atoms with van der Waals surface area (Å²) in [6, 6.07) is -3.11. The molecule has 0 aromatic heterocycles. The molecule has 4 saturated carbocycles. The van der Waals surface area contributed by atoms with Gasteiger partial charge >= 0.3 is 0 Å². The lowest BCUT2D eigenvalue weighted by Gasteiger charge is -2.41. The van der Waals surface area contributed by atoms with Gasteiger partial charge in [0.1, 0.15) is 18.1 Å². The van der Waals surface area contributed by atoms with Gasteiger partial charge in [0, 0.05) is 42.7 Å². The van der Waals surface area contributed by atoms with Gasteiger partial charge in [0.15, 0.2) is 0 Å². The van der Waals surface area contributed by atoms with Gasteiger partial charge in [-0.2, -0.15) is 0 Å². The number of Topliss-reactive ketones (excluding diaryl/α,β-unsaturated/α-hetero) is 1. The lowest BCUT2D eigenvalue weighted by Crippen LogP contribution is -2.62. The van der Waals surface area contributed by atoms with Crippen molar-refractivity contribution in [2.24, 2.45) is 33.5 Å². The number of likely N-dealkylation sites (tertiary alicyclic amines) is 2. The molecule has 4 N–H and O–H groups in total. The van der Waals surface area contributed by atoms with E-state index < -0.39 is 47.2 Å². The van der Waals surface area contributed by atoms with Gasteiger partial charge in [-0.25, -0.2) is 0 Å². The zero-order valence-corrected chi connectivity index (χ0v) is 33.0. The normalized spacial score (nSPS) is 28.6. The topological polar surface area (TPSA) is 140 Å². The van der Waals surface area contributed by atoms with Crippen molar-refractivity contribution in [1.29, 1.82) is 0 Å². The minimum atomic E-state index is -0.960. The number of nitrogens with one attached hydrogen (secondary N) is 4. The molecule has 11 heteroatoms. The molecule has 4 amide bonds. The number of nitrogens with zero attached hydrogens (tertiary/aromatic N) is 2. The van der Waals surface area contributed by atoms with Crippen LogP contribution in [0.2, 0.25) is 0 Å². The summed E-state index contributed by atoms with van der Waals surface area (Å²) in [7, 11) is 2.08. The van der Waals surface area contributed by atoms with E-state index in [1.165, 1.54) is 0 Å². The van der Waals surface area contributed by atoms with Crippen molar-refractivity contribution in [3.8, 4) is 0 Å². The van der Waals surface area contributed by atoms with Crippen LogP contribution in [-0.4, -0.2) is 96.1 Å². The molecule has 0 bridgehead atoms. The Morgan fingerprint density at radius 3 is 2.06 bits per heavy atom. The van der Waals surface area contributed by atoms with E-state index in [1.807, 2.05) is 27.7 Å². The van der Waals surface area contributed by atoms with Crippen molar-refractivity contribution in [1.82, 2.24) is 31.1 Å². The Morgan fingerprint density at radius 2 is 1.54 bits per heavy atom. The molecular weight excluding hydrogens is 656 g/mol. The fourth-order valence-electron chi connectivity index (χ4n) is 10.7. The zero-order valence-electron chi connectivity index (χ0n) is 33.0. The highest BCUT2D eigenvalue weighted by Crippen LogP contribution is 2.88. The van der Waals surface area contributed by atoms with Crippen LogP contribution in [-0.2, 0) is 24.0 Å². The highest BCUT2D eigenvalue weighted by Gasteiger charge is 2.85. The van der Waals surface area contributed by atoms with Crippen LogP contribution in [0.25, 0.3) is 0 Å². The second-order valence-corrected chi connectivity index (χ2v) is 19.1. The molecule has 4 aliphatic carbocycles. The Kier molecular flexibility index (Phi) is 10.7. The first kappa shape index (κ1) is 38.8. The van der Waals surface area contributed by atoms with Gasteiger partial charge in [0.05, 0.1) is 6.04 Å². The fraction of sp³-hybridized carbons (Fsp3) is 0.829. The molecule has 2 unspecified atom stereocenters. The molecule has 2 aliphatic heterocycles. The zero-order chi connectivity index (χ0) is 37.8. The van der Waals surface area contributed by atoms with Crippen molar-refractivity contribution in [3.63, 3.8) is 0 Å². The predicted octanol–water partition coefficient (Wildman–Crippen LogP) is 4.06. The number of carbonyl (C=O) groups excluding carboxylic acids is 5. The van der Waals surface area contributed by atoms with Crippen molar-refractivity contribution >= 4 is 29.4 Å². The van der Waals surface area contributed by atoms with E-state index in [0.717, 1.165) is 83.0 Å². The van der Waals surface area contributed by atoms with Crippen LogP contribution < -0.4 is 21.3 Å². The second kappa shape index (κ2) is 14.4. The molecule has 6 rings (SSSR count). The first-order chi connectivity index (χ1) is 24.5. The monoisotopic (exact) mass is 723 g/mol. The average Bonchev–Trinajstić information content (AvgIpc) is 3.88. The summed E-state index contributed by atoms with van der Waals surface area (Å²) < 4.78 is 0. The van der Waals surface area contributed by atoms with Gasteiger partial charge in [-0.1, -0.05) is 80.2 Å². The Morgan fingerprint density at radius 1 is 0.885 bits per heavy atom. The van der Waals surface area contributed by atoms with E-state index in [1.54, 1.807) is 4.90 Å². The van der Waals surface area contributed by atoms with Gasteiger partial charge in [-0.05, 0) is 80.6 Å². The van der Waals surface area contributed by atoms with Crippen molar-refractivity contribution < 1.29 is 24.0 Å². The molecule has 2 saturated heterocycles. The first-order valence-electron chi connectivity index (χ1n) is 20.4. The van der Waals surface area contributed by atoms with Gasteiger partial charge < -0.3 is 31.1 Å². The second-order valence-electron chi connectivity index (χ2n) is 19.1. The third-order valence-corrected chi connectivity index (χ3v) is 14.4. The summed E-state index contributed by atoms with van der Waals surface area (Å²) >= 11 is 0. The summed E-state index contributed by atoms with van der Waals surface area (Å²) in [5.41, 5.74) is 0.0208. The van der Waals surface area contributed by atoms with E-state index in [0.29, 0.717) is 25.8 Å². The summed E-state index contributed by atoms with van der Waals surface area (Å²) in [6.45, 7) is 18.9. The number of fused-ring (bicyclic) bond motifs is 1. The van der Waals surface area contributed by atoms with Gasteiger partial charge in [0.2, 0.25) is 23.5 Å². The van der Waals surface area contributed by atoms with Crippen LogP contribution in [0, 0.1) is 33.5 Å². The van der Waals surface area contributed by atoms with Crippen LogP contribution in [0.5, 0.6) is 0 Å². The summed E-state index contributed by atoms with van der Waals surface area (Å²) in [5, 5.41) is 12.5. The van der Waals surface area contributed by atoms with Crippen LogP contribution in [0.3, 0.4) is 0 Å². The van der Waals surface area contributed by atoms with Crippen molar-refractivity contribution in [2.75, 3.05) is 26.7 Å². The molecule has 0 aromatic rings. The molecule has 6 aliphatic rings. The largest absolute Gasteiger partial charge is 0.377 e. The molecule has 2 spiro atoms. The minimum Gasteiger partial charge on any atom is -0.377 e. The smallest absolute Gasteiger partial charge is 0.289 e. The number of carbonyl (C=O) groups is 5. The maximum Gasteiger partial charge on any atom is 0.289 e. The maximum absolute atomic E-state index is 15.0. The number of ketones is 1. The third-order valence-electron chi connectivity index (χ3n) is 14.4. The Hall–Kier alpha value is -2.95. The summed E-state index contributed by atoms with van der Waals surface area (Å²) in [6.07, 6.45) is 11.7. The number of hydrogen-bond donors (Lipinski definition) is 4. The molecule has 290 valence electrons. The molecule has 0 aromatic carbocycles.